The lowest BCUT2D eigenvalue weighted by atomic mass is 9.84. The van der Waals surface area contributed by atoms with E-state index in [9.17, 15) is 22.2 Å². The highest BCUT2D eigenvalue weighted by molar-refractivity contribution is 7.89. The van der Waals surface area contributed by atoms with Gasteiger partial charge in [-0.1, -0.05) is 73.6 Å². The molecule has 0 bridgehead atoms. The van der Waals surface area contributed by atoms with E-state index in [1.54, 1.807) is 24.8 Å². The lowest BCUT2D eigenvalue weighted by Crippen LogP contribution is -2.42. The number of nitrogens with zero attached hydrogens (tertiary/aromatic N) is 6. The fourth-order valence-electron chi connectivity index (χ4n) is 4.90. The molecule has 1 saturated heterocycles. The summed E-state index contributed by atoms with van der Waals surface area (Å²) >= 11 is 0. The van der Waals surface area contributed by atoms with Gasteiger partial charge < -0.3 is 15.0 Å². The number of rotatable bonds is 13. The Morgan fingerprint density at radius 1 is 0.803 bits per heavy atom. The first-order valence-corrected chi connectivity index (χ1v) is 24.4. The fourth-order valence-corrected chi connectivity index (χ4v) is 6.89. The highest BCUT2D eigenvalue weighted by Crippen LogP contribution is 2.23. The largest absolute Gasteiger partial charge is 0.354 e. The molecule has 1 amide bonds. The van der Waals surface area contributed by atoms with Crippen molar-refractivity contribution in [3.63, 3.8) is 0 Å². The van der Waals surface area contributed by atoms with Crippen molar-refractivity contribution in [2.45, 2.75) is 124 Å². The van der Waals surface area contributed by atoms with Crippen molar-refractivity contribution >= 4 is 33.0 Å². The van der Waals surface area contributed by atoms with Gasteiger partial charge in [0, 0.05) is 86.4 Å². The van der Waals surface area contributed by atoms with Crippen LogP contribution >= 0.6 is 0 Å². The monoisotopic (exact) mass is 882 g/mol. The van der Waals surface area contributed by atoms with Gasteiger partial charge in [0.15, 0.2) is 9.84 Å². The summed E-state index contributed by atoms with van der Waals surface area (Å²) in [4.78, 5) is 42.0. The molecule has 4 aromatic heterocycles. The van der Waals surface area contributed by atoms with Gasteiger partial charge in [0.05, 0.1) is 16.1 Å². The molecule has 5 rings (SSSR count). The minimum Gasteiger partial charge on any atom is -0.354 e. The Morgan fingerprint density at radius 3 is 1.67 bits per heavy atom. The standard InChI is InChI=1S/C14H23N3O.C10H15NO2S.C10H13NO.C9H12N2OS.2C2H6/c1-11-6-7-12(10-16-11)14(2,3)13(18)15-8-9-17(4)5;1-8(2)10-5-4-9(6-11-10)7-14(3,12)13;1-8(2)10-4-3-9(5-6-12)7-11-10;1-8-3-4-9(7-10-8)13(12)11-5-2-6-11;2*1-2/h6-7,10H,8-9H2,1-5H3,(H,15,18);4-6,8H,7H2,1-3H3;3-4,6-8H,5H2,1-2H3;3-4,7H,2,5-6H2,1H3;2*1-2H3. The maximum atomic E-state index is 12.2. The molecule has 4 aromatic rings. The van der Waals surface area contributed by atoms with Crippen LogP contribution in [0.2, 0.25) is 0 Å². The van der Waals surface area contributed by atoms with E-state index in [0.29, 0.717) is 24.8 Å². The van der Waals surface area contributed by atoms with E-state index < -0.39 is 26.2 Å². The second kappa shape index (κ2) is 29.9. The highest BCUT2D eigenvalue weighted by atomic mass is 32.2. The Morgan fingerprint density at radius 2 is 1.31 bits per heavy atom. The van der Waals surface area contributed by atoms with Gasteiger partial charge in [-0.2, -0.15) is 0 Å². The number of hydrogen-bond donors (Lipinski definition) is 1. The number of sulfone groups is 1. The van der Waals surface area contributed by atoms with E-state index >= 15 is 0 Å². The normalized spacial score (nSPS) is 12.6. The molecular weight excluding hydrogens is 807 g/mol. The Kier molecular flexibility index (Phi) is 27.8. The van der Waals surface area contributed by atoms with Crippen molar-refractivity contribution in [2.75, 3.05) is 46.5 Å². The Bertz CT molecular complexity index is 1930. The fraction of sp³-hybridized carbons (Fsp3) is 0.532. The van der Waals surface area contributed by atoms with Crippen molar-refractivity contribution in [2.24, 2.45) is 0 Å². The van der Waals surface area contributed by atoms with Crippen LogP contribution in [0, 0.1) is 13.8 Å². The number of nitrogens with one attached hydrogen (secondary N) is 1. The minimum atomic E-state index is -2.95. The Labute approximate surface area is 371 Å². The summed E-state index contributed by atoms with van der Waals surface area (Å²) in [6.07, 6.45) is 10.6. The van der Waals surface area contributed by atoms with Crippen molar-refractivity contribution in [3.05, 3.63) is 113 Å². The van der Waals surface area contributed by atoms with E-state index in [1.807, 2.05) is 127 Å². The second-order valence-electron chi connectivity index (χ2n) is 15.5. The highest BCUT2D eigenvalue weighted by Gasteiger charge is 2.29. The van der Waals surface area contributed by atoms with Crippen LogP contribution in [0.1, 0.15) is 127 Å². The zero-order valence-corrected chi connectivity index (χ0v) is 41.3. The number of aromatic nitrogens is 4. The van der Waals surface area contributed by atoms with Crippen molar-refractivity contribution in [1.82, 2.24) is 34.5 Å². The molecule has 12 nitrogen and oxygen atoms in total. The molecule has 0 aliphatic carbocycles. The Balaban J connectivity index is 0.000000772. The number of aldehydes is 1. The summed E-state index contributed by atoms with van der Waals surface area (Å²) in [6, 6.07) is 15.3. The zero-order valence-electron chi connectivity index (χ0n) is 39.7. The van der Waals surface area contributed by atoms with Crippen LogP contribution in [0.25, 0.3) is 0 Å². The van der Waals surface area contributed by atoms with Gasteiger partial charge in [-0.25, -0.2) is 16.9 Å². The summed E-state index contributed by atoms with van der Waals surface area (Å²) < 4.78 is 35.7. The van der Waals surface area contributed by atoms with Crippen molar-refractivity contribution < 1.29 is 22.2 Å². The van der Waals surface area contributed by atoms with Gasteiger partial charge in [-0.3, -0.25) is 24.7 Å². The topological polar surface area (TPSA) is 155 Å². The molecule has 1 aliphatic heterocycles. The number of carbonyl (C=O) groups is 2. The smallest absolute Gasteiger partial charge is 0.230 e. The first-order chi connectivity index (χ1) is 28.7. The average Bonchev–Trinajstić information content (AvgIpc) is 3.20. The average molecular weight is 882 g/mol. The molecule has 1 aliphatic rings. The summed E-state index contributed by atoms with van der Waals surface area (Å²) in [5.74, 6) is 0.936. The first-order valence-electron chi connectivity index (χ1n) is 21.2. The summed E-state index contributed by atoms with van der Waals surface area (Å²) in [5, 5.41) is 2.96. The lowest BCUT2D eigenvalue weighted by Gasteiger charge is -2.28. The molecule has 61 heavy (non-hydrogen) atoms. The minimum absolute atomic E-state index is 0.0370. The molecule has 0 radical (unpaired) electrons. The number of likely N-dealkylation sites (N-methyl/N-ethyl adjacent to an activating group) is 1. The number of carbonyl (C=O) groups excluding carboxylic acids is 2. The SMILES string of the molecule is CC.CC.CC(C)c1ccc(CC=O)cn1.CC(C)c1ccc(CS(C)(=O)=O)cn1.Cc1ccc(C(C)(C)C(=O)NCCN(C)C)cn1.Cc1ccc(S(=O)N2CCC2)cn1. The van der Waals surface area contributed by atoms with Crippen LogP contribution in [0.3, 0.4) is 0 Å². The zero-order chi connectivity index (χ0) is 46.8. The van der Waals surface area contributed by atoms with Crippen LogP contribution in [0.15, 0.2) is 78.2 Å². The van der Waals surface area contributed by atoms with Gasteiger partial charge in [-0.05, 0) is 107 Å². The van der Waals surface area contributed by atoms with Crippen LogP contribution < -0.4 is 5.32 Å². The predicted octanol–water partition coefficient (Wildman–Crippen LogP) is 8.21. The summed E-state index contributed by atoms with van der Waals surface area (Å²) in [5.41, 5.74) is 6.10. The number of aryl methyl sites for hydroxylation is 2. The van der Waals surface area contributed by atoms with Crippen LogP contribution in [0.4, 0.5) is 0 Å². The summed E-state index contributed by atoms with van der Waals surface area (Å²) in [6.45, 7) is 27.4. The number of amides is 1. The molecule has 340 valence electrons. The third-order valence-electron chi connectivity index (χ3n) is 8.81. The molecule has 0 spiro atoms. The maximum absolute atomic E-state index is 12.2. The lowest BCUT2D eigenvalue weighted by molar-refractivity contribution is -0.125. The van der Waals surface area contributed by atoms with Gasteiger partial charge in [0.2, 0.25) is 5.91 Å². The molecule has 1 atom stereocenters. The molecule has 5 heterocycles. The van der Waals surface area contributed by atoms with Crippen molar-refractivity contribution in [1.29, 1.82) is 0 Å². The molecule has 1 fully saturated rings. The van der Waals surface area contributed by atoms with E-state index in [1.165, 1.54) is 6.26 Å². The number of hydrogen-bond acceptors (Lipinski definition) is 10. The Hall–Kier alpha value is -4.24. The molecule has 14 heteroatoms. The van der Waals surface area contributed by atoms with Gasteiger partial charge in [0.1, 0.15) is 17.3 Å². The van der Waals surface area contributed by atoms with Crippen LogP contribution in [0.5, 0.6) is 0 Å². The van der Waals surface area contributed by atoms with E-state index in [-0.39, 0.29) is 11.7 Å². The third-order valence-corrected chi connectivity index (χ3v) is 11.1. The maximum Gasteiger partial charge on any atom is 0.230 e. The van der Waals surface area contributed by atoms with Gasteiger partial charge in [0.25, 0.3) is 0 Å². The van der Waals surface area contributed by atoms with Crippen LogP contribution in [-0.2, 0) is 48.0 Å². The molecule has 1 unspecified atom stereocenters. The van der Waals surface area contributed by atoms with Crippen LogP contribution in [-0.4, -0.2) is 100 Å². The summed E-state index contributed by atoms with van der Waals surface area (Å²) in [7, 11) is 0.0455. The van der Waals surface area contributed by atoms with E-state index in [0.717, 1.165) is 76.7 Å². The van der Waals surface area contributed by atoms with Gasteiger partial charge in [-0.15, -0.1) is 0 Å². The second-order valence-corrected chi connectivity index (χ2v) is 19.1. The predicted molar refractivity (Wildman–Crippen MR) is 253 cm³/mol. The molecular formula is C47H75N7O5S2. The molecule has 1 N–H and O–H groups in total. The first kappa shape index (κ1) is 56.8. The van der Waals surface area contributed by atoms with E-state index in [2.05, 4.69) is 52.9 Å². The molecule has 0 aromatic carbocycles. The third kappa shape index (κ3) is 23.0. The van der Waals surface area contributed by atoms with Gasteiger partial charge >= 0.3 is 0 Å². The van der Waals surface area contributed by atoms with E-state index in [4.69, 9.17) is 0 Å². The quantitative estimate of drug-likeness (QED) is 0.130. The molecule has 0 saturated carbocycles. The number of pyridine rings is 4. The van der Waals surface area contributed by atoms with Crippen molar-refractivity contribution in [3.8, 4) is 0 Å².